The number of ether oxygens (including phenoxy) is 2. The number of aryl methyl sites for hydroxylation is 1. The predicted molar refractivity (Wildman–Crippen MR) is 175 cm³/mol. The van der Waals surface area contributed by atoms with E-state index in [9.17, 15) is 26.7 Å². The second-order valence-corrected chi connectivity index (χ2v) is 16.6. The molecule has 3 aromatic rings. The predicted octanol–water partition coefficient (Wildman–Crippen LogP) is 3.40. The number of hydrogen-bond acceptors (Lipinski definition) is 10. The van der Waals surface area contributed by atoms with Crippen molar-refractivity contribution >= 4 is 43.0 Å². The van der Waals surface area contributed by atoms with Crippen LogP contribution in [0.5, 0.6) is 5.75 Å². The SMILES string of the molecule is C[C@@H]1CCCCO[C@@H](CN(C)S(=O)(=O)c2cn(C)cn2)[C@@H](C)CN([C@@H](C)CO)C(=O)c2cc(NS(=O)(=O)c3cccs3)ccc2O1. The number of carbonyl (C=O) groups is 1. The fourth-order valence-corrected chi connectivity index (χ4v) is 8.29. The minimum atomic E-state index is -3.90. The van der Waals surface area contributed by atoms with E-state index in [1.165, 1.54) is 40.9 Å². The first-order chi connectivity index (χ1) is 21.7. The molecular weight excluding hydrogens is 655 g/mol. The summed E-state index contributed by atoms with van der Waals surface area (Å²) in [5.41, 5.74) is 0.320. The molecule has 0 saturated heterocycles. The number of nitrogens with one attached hydrogen (secondary N) is 1. The van der Waals surface area contributed by atoms with Gasteiger partial charge in [-0.2, -0.15) is 4.31 Å². The number of aromatic nitrogens is 2. The van der Waals surface area contributed by atoms with Gasteiger partial charge in [0, 0.05) is 51.6 Å². The fourth-order valence-electron chi connectivity index (χ4n) is 5.10. The number of thiophene rings is 1. The van der Waals surface area contributed by atoms with Crippen LogP contribution >= 0.6 is 11.3 Å². The van der Waals surface area contributed by atoms with E-state index < -0.39 is 38.1 Å². The molecule has 2 N–H and O–H groups in total. The van der Waals surface area contributed by atoms with Crippen molar-refractivity contribution in [1.29, 1.82) is 0 Å². The van der Waals surface area contributed by atoms with Crippen LogP contribution in [-0.2, 0) is 31.8 Å². The standard InChI is InChI=1S/C30H43N5O8S3/c1-21-16-35(22(2)19-36)30(37)25-15-24(32-45(38,39)29-10-8-14-44-29)11-12-26(25)43-23(3)9-6-7-13-42-27(21)17-34(5)46(40,41)28-18-33(4)20-31-28/h8,10-12,14-15,18,20-23,27,32,36H,6-7,9,13,16-17,19H2,1-5H3/t21-,22-,23+,27-/m0/s1. The highest BCUT2D eigenvalue weighted by atomic mass is 32.2. The van der Waals surface area contributed by atoms with Gasteiger partial charge in [0.2, 0.25) is 0 Å². The number of rotatable bonds is 9. The third-order valence-corrected chi connectivity index (χ3v) is 12.3. The van der Waals surface area contributed by atoms with Crippen molar-refractivity contribution < 1.29 is 36.2 Å². The van der Waals surface area contributed by atoms with Gasteiger partial charge in [-0.1, -0.05) is 13.0 Å². The van der Waals surface area contributed by atoms with Crippen molar-refractivity contribution in [3.8, 4) is 5.75 Å². The molecular formula is C30H43N5O8S3. The maximum absolute atomic E-state index is 14.3. The largest absolute Gasteiger partial charge is 0.490 e. The Labute approximate surface area is 275 Å². The molecule has 4 atom stereocenters. The molecule has 1 aliphatic heterocycles. The second-order valence-electron chi connectivity index (χ2n) is 11.7. The normalized spacial score (nSPS) is 21.3. The number of carbonyl (C=O) groups excluding carboxylic acids is 1. The first-order valence-corrected chi connectivity index (χ1v) is 18.9. The quantitative estimate of drug-likeness (QED) is 0.342. The number of imidazole rings is 1. The Morgan fingerprint density at radius 1 is 1.20 bits per heavy atom. The number of aliphatic hydroxyl groups excluding tert-OH is 1. The van der Waals surface area contributed by atoms with Gasteiger partial charge >= 0.3 is 0 Å². The van der Waals surface area contributed by atoms with Gasteiger partial charge in [0.1, 0.15) is 9.96 Å². The van der Waals surface area contributed by atoms with Crippen molar-refractivity contribution in [2.45, 2.75) is 67.5 Å². The number of sulfonamides is 2. The Hall–Kier alpha value is -3.02. The third kappa shape index (κ3) is 8.66. The van der Waals surface area contributed by atoms with Crippen molar-refractivity contribution in [3.63, 3.8) is 0 Å². The zero-order valence-corrected chi connectivity index (χ0v) is 29.1. The lowest BCUT2D eigenvalue weighted by molar-refractivity contribution is -0.00835. The van der Waals surface area contributed by atoms with Crippen LogP contribution in [0.4, 0.5) is 5.69 Å². The lowest BCUT2D eigenvalue weighted by atomic mass is 10.0. The third-order valence-electron chi connectivity index (χ3n) is 7.86. The molecule has 0 radical (unpaired) electrons. The van der Waals surface area contributed by atoms with Gasteiger partial charge in [-0.25, -0.2) is 21.8 Å². The molecule has 1 amide bonds. The Morgan fingerprint density at radius 2 is 1.96 bits per heavy atom. The smallest absolute Gasteiger partial charge is 0.271 e. The van der Waals surface area contributed by atoms with Crippen LogP contribution in [0.1, 0.15) is 50.4 Å². The van der Waals surface area contributed by atoms with Crippen LogP contribution in [0.15, 0.2) is 57.5 Å². The molecule has 1 aliphatic rings. The summed E-state index contributed by atoms with van der Waals surface area (Å²) in [6, 6.07) is 7.08. The summed E-state index contributed by atoms with van der Waals surface area (Å²) >= 11 is 1.08. The van der Waals surface area contributed by atoms with Gasteiger partial charge in [-0.3, -0.25) is 9.52 Å². The highest BCUT2D eigenvalue weighted by Gasteiger charge is 2.33. The molecule has 16 heteroatoms. The topological polar surface area (TPSA) is 160 Å². The van der Waals surface area contributed by atoms with Crippen LogP contribution in [0.25, 0.3) is 0 Å². The molecule has 0 spiro atoms. The number of amides is 1. The molecule has 4 rings (SSSR count). The Bertz CT molecular complexity index is 1680. The number of benzene rings is 1. The van der Waals surface area contributed by atoms with E-state index in [1.807, 2.05) is 13.8 Å². The molecule has 0 bridgehead atoms. The number of aliphatic hydroxyl groups is 1. The van der Waals surface area contributed by atoms with Crippen molar-refractivity contribution in [1.82, 2.24) is 18.8 Å². The Kier molecular flexibility index (Phi) is 11.9. The van der Waals surface area contributed by atoms with Gasteiger partial charge in [0.05, 0.1) is 36.7 Å². The molecule has 2 aromatic heterocycles. The zero-order chi connectivity index (χ0) is 33.6. The summed E-state index contributed by atoms with van der Waals surface area (Å²) in [6.45, 7) is 5.64. The minimum Gasteiger partial charge on any atom is -0.490 e. The van der Waals surface area contributed by atoms with Gasteiger partial charge in [-0.15, -0.1) is 11.3 Å². The van der Waals surface area contributed by atoms with E-state index in [4.69, 9.17) is 9.47 Å². The molecule has 3 heterocycles. The Morgan fingerprint density at radius 3 is 2.61 bits per heavy atom. The van der Waals surface area contributed by atoms with Crippen LogP contribution in [0.3, 0.4) is 0 Å². The van der Waals surface area contributed by atoms with E-state index >= 15 is 0 Å². The average molecular weight is 698 g/mol. The van der Waals surface area contributed by atoms with E-state index in [2.05, 4.69) is 9.71 Å². The van der Waals surface area contributed by atoms with Crippen molar-refractivity contribution in [2.75, 3.05) is 38.1 Å². The van der Waals surface area contributed by atoms with E-state index in [0.29, 0.717) is 25.2 Å². The molecule has 1 aromatic carbocycles. The molecule has 0 saturated carbocycles. The van der Waals surface area contributed by atoms with Gasteiger partial charge in [0.25, 0.3) is 26.0 Å². The molecule has 0 fully saturated rings. The van der Waals surface area contributed by atoms with Crippen molar-refractivity contribution in [3.05, 3.63) is 53.8 Å². The highest BCUT2D eigenvalue weighted by Crippen LogP contribution is 2.30. The van der Waals surface area contributed by atoms with E-state index in [0.717, 1.165) is 17.8 Å². The molecule has 13 nitrogen and oxygen atoms in total. The molecule has 46 heavy (non-hydrogen) atoms. The van der Waals surface area contributed by atoms with Gasteiger partial charge in [0.15, 0.2) is 5.03 Å². The summed E-state index contributed by atoms with van der Waals surface area (Å²) in [7, 11) is -4.62. The van der Waals surface area contributed by atoms with Gasteiger partial charge < -0.3 is 24.0 Å². The Balaban J connectivity index is 1.67. The summed E-state index contributed by atoms with van der Waals surface area (Å²) < 4.78 is 70.4. The second kappa shape index (κ2) is 15.3. The summed E-state index contributed by atoms with van der Waals surface area (Å²) in [4.78, 5) is 19.8. The summed E-state index contributed by atoms with van der Waals surface area (Å²) in [5.74, 6) is -0.547. The van der Waals surface area contributed by atoms with E-state index in [1.54, 1.807) is 42.1 Å². The first kappa shape index (κ1) is 35.8. The monoisotopic (exact) mass is 697 g/mol. The maximum Gasteiger partial charge on any atom is 0.271 e. The summed E-state index contributed by atoms with van der Waals surface area (Å²) in [6.07, 6.45) is 4.12. The van der Waals surface area contributed by atoms with Gasteiger partial charge in [-0.05, 0) is 62.8 Å². The highest BCUT2D eigenvalue weighted by molar-refractivity contribution is 7.94. The van der Waals surface area contributed by atoms with Crippen LogP contribution in [0, 0.1) is 5.92 Å². The van der Waals surface area contributed by atoms with Crippen LogP contribution < -0.4 is 9.46 Å². The van der Waals surface area contributed by atoms with Crippen molar-refractivity contribution in [2.24, 2.45) is 13.0 Å². The lowest BCUT2D eigenvalue weighted by Gasteiger charge is -2.35. The fraction of sp³-hybridized carbons (Fsp3) is 0.533. The number of fused-ring (bicyclic) bond motifs is 1. The minimum absolute atomic E-state index is 0.0142. The van der Waals surface area contributed by atoms with Crippen LogP contribution in [-0.4, -0.2) is 98.2 Å². The first-order valence-electron chi connectivity index (χ1n) is 15.1. The molecule has 254 valence electrons. The van der Waals surface area contributed by atoms with E-state index in [-0.39, 0.29) is 52.2 Å². The zero-order valence-electron chi connectivity index (χ0n) is 26.7. The lowest BCUT2D eigenvalue weighted by Crippen LogP contribution is -2.48. The van der Waals surface area contributed by atoms with Crippen LogP contribution in [0.2, 0.25) is 0 Å². The summed E-state index contributed by atoms with van der Waals surface area (Å²) in [5, 5.41) is 11.8. The number of likely N-dealkylation sites (N-methyl/N-ethyl adjacent to an activating group) is 1. The number of hydrogen-bond donors (Lipinski definition) is 2. The molecule has 0 unspecified atom stereocenters. The number of nitrogens with zero attached hydrogens (tertiary/aromatic N) is 4. The average Bonchev–Trinajstić information content (AvgIpc) is 3.72. The molecule has 0 aliphatic carbocycles. The number of anilines is 1. The maximum atomic E-state index is 14.3.